The second-order valence-corrected chi connectivity index (χ2v) is 6.18. The van der Waals surface area contributed by atoms with Crippen molar-refractivity contribution in [2.75, 3.05) is 0 Å². The van der Waals surface area contributed by atoms with E-state index in [1.54, 1.807) is 34.6 Å². The minimum atomic E-state index is -1.05. The number of ether oxygens (including phenoxy) is 1. The molecule has 2 atom stereocenters. The molecule has 0 aliphatic heterocycles. The molecule has 1 fully saturated rings. The van der Waals surface area contributed by atoms with Crippen LogP contribution in [0, 0.1) is 17.3 Å². The van der Waals surface area contributed by atoms with Gasteiger partial charge in [-0.25, -0.2) is 4.79 Å². The maximum absolute atomic E-state index is 13.6. The Labute approximate surface area is 106 Å². The lowest BCUT2D eigenvalue weighted by Crippen LogP contribution is -2.24. The molecule has 102 valence electrons. The summed E-state index contributed by atoms with van der Waals surface area (Å²) in [5.41, 5.74) is -1.29. The summed E-state index contributed by atoms with van der Waals surface area (Å²) in [6.07, 6.45) is 1.06. The molecule has 0 unspecified atom stereocenters. The van der Waals surface area contributed by atoms with Crippen molar-refractivity contribution in [3.63, 3.8) is 0 Å². The SMILES string of the molecule is CC(C)(C)OC(=O)C(F)=C[C@@H]1[C@@H](C(=O)O)C1(C)C. The molecule has 4 nitrogen and oxygen atoms in total. The van der Waals surface area contributed by atoms with Gasteiger partial charge in [0, 0.05) is 0 Å². The van der Waals surface area contributed by atoms with Crippen LogP contribution in [0.4, 0.5) is 4.39 Å². The normalized spacial score (nSPS) is 26.7. The van der Waals surface area contributed by atoms with Crippen LogP contribution in [0.1, 0.15) is 34.6 Å². The van der Waals surface area contributed by atoms with Gasteiger partial charge in [-0.05, 0) is 38.2 Å². The first kappa shape index (κ1) is 14.7. The van der Waals surface area contributed by atoms with E-state index in [0.29, 0.717) is 0 Å². The molecule has 1 aliphatic rings. The first-order valence-electron chi connectivity index (χ1n) is 5.80. The Morgan fingerprint density at radius 1 is 1.33 bits per heavy atom. The third-order valence-corrected chi connectivity index (χ3v) is 3.10. The van der Waals surface area contributed by atoms with E-state index in [9.17, 15) is 14.0 Å². The van der Waals surface area contributed by atoms with Crippen LogP contribution < -0.4 is 0 Å². The number of halogens is 1. The summed E-state index contributed by atoms with van der Waals surface area (Å²) in [6.45, 7) is 8.38. The highest BCUT2D eigenvalue weighted by atomic mass is 19.1. The zero-order valence-corrected chi connectivity index (χ0v) is 11.3. The average molecular weight is 258 g/mol. The fourth-order valence-electron chi connectivity index (χ4n) is 2.01. The lowest BCUT2D eigenvalue weighted by Gasteiger charge is -2.18. The molecule has 1 saturated carbocycles. The van der Waals surface area contributed by atoms with E-state index in [1.807, 2.05) is 0 Å². The monoisotopic (exact) mass is 258 g/mol. The molecule has 0 saturated heterocycles. The molecular formula is C13H19FO4. The van der Waals surface area contributed by atoms with Crippen molar-refractivity contribution >= 4 is 11.9 Å². The van der Waals surface area contributed by atoms with Crippen molar-refractivity contribution in [2.24, 2.45) is 17.3 Å². The van der Waals surface area contributed by atoms with Gasteiger partial charge in [0.2, 0.25) is 5.83 Å². The summed E-state index contributed by atoms with van der Waals surface area (Å²) in [6, 6.07) is 0. The predicted molar refractivity (Wildman–Crippen MR) is 63.4 cm³/mol. The van der Waals surface area contributed by atoms with Crippen molar-refractivity contribution < 1.29 is 23.8 Å². The molecule has 0 aromatic carbocycles. The van der Waals surface area contributed by atoms with Crippen LogP contribution in [0.15, 0.2) is 11.9 Å². The molecule has 0 bridgehead atoms. The highest BCUT2D eigenvalue weighted by molar-refractivity contribution is 5.87. The summed E-state index contributed by atoms with van der Waals surface area (Å²) in [5, 5.41) is 8.93. The van der Waals surface area contributed by atoms with Gasteiger partial charge in [-0.2, -0.15) is 4.39 Å². The van der Waals surface area contributed by atoms with Crippen LogP contribution in [0.3, 0.4) is 0 Å². The number of hydrogen-bond acceptors (Lipinski definition) is 3. The first-order valence-corrected chi connectivity index (χ1v) is 5.80. The van der Waals surface area contributed by atoms with Crippen molar-refractivity contribution in [1.29, 1.82) is 0 Å². The minimum Gasteiger partial charge on any atom is -0.481 e. The molecule has 0 heterocycles. The Morgan fingerprint density at radius 2 is 1.83 bits per heavy atom. The van der Waals surface area contributed by atoms with Crippen molar-refractivity contribution in [3.05, 3.63) is 11.9 Å². The van der Waals surface area contributed by atoms with E-state index >= 15 is 0 Å². The number of carbonyl (C=O) groups excluding carboxylic acids is 1. The number of carbonyl (C=O) groups is 2. The van der Waals surface area contributed by atoms with E-state index < -0.39 is 40.6 Å². The molecule has 1 aliphatic carbocycles. The third-order valence-electron chi connectivity index (χ3n) is 3.10. The molecule has 18 heavy (non-hydrogen) atoms. The molecule has 0 spiro atoms. The van der Waals surface area contributed by atoms with Gasteiger partial charge >= 0.3 is 11.9 Å². The number of esters is 1. The summed E-state index contributed by atoms with van der Waals surface area (Å²) in [7, 11) is 0. The van der Waals surface area contributed by atoms with Gasteiger partial charge in [-0.3, -0.25) is 4.79 Å². The molecule has 0 amide bonds. The fraction of sp³-hybridized carbons (Fsp3) is 0.692. The van der Waals surface area contributed by atoms with E-state index in [4.69, 9.17) is 9.84 Å². The Balaban J connectivity index is 2.74. The van der Waals surface area contributed by atoms with Gasteiger partial charge in [0.1, 0.15) is 5.60 Å². The maximum atomic E-state index is 13.6. The molecular weight excluding hydrogens is 239 g/mol. The topological polar surface area (TPSA) is 63.6 Å². The Kier molecular flexibility index (Phi) is 3.56. The quantitative estimate of drug-likeness (QED) is 0.624. The van der Waals surface area contributed by atoms with Gasteiger partial charge in [0.15, 0.2) is 0 Å². The maximum Gasteiger partial charge on any atom is 0.367 e. The molecule has 0 aromatic rings. The molecule has 0 aromatic heterocycles. The molecule has 5 heteroatoms. The Bertz CT molecular complexity index is 404. The van der Waals surface area contributed by atoms with Crippen LogP contribution in [0.2, 0.25) is 0 Å². The van der Waals surface area contributed by atoms with Gasteiger partial charge in [0.25, 0.3) is 0 Å². The minimum absolute atomic E-state index is 0.470. The summed E-state index contributed by atoms with van der Waals surface area (Å²) >= 11 is 0. The summed E-state index contributed by atoms with van der Waals surface area (Å²) < 4.78 is 18.5. The van der Waals surface area contributed by atoms with E-state index in [2.05, 4.69) is 0 Å². The number of carboxylic acids is 1. The lowest BCUT2D eigenvalue weighted by molar-refractivity contribution is -0.151. The molecule has 1 N–H and O–H groups in total. The second kappa shape index (κ2) is 4.37. The summed E-state index contributed by atoms with van der Waals surface area (Å²) in [5.74, 6) is -4.16. The van der Waals surface area contributed by atoms with E-state index in [1.165, 1.54) is 0 Å². The Morgan fingerprint density at radius 3 is 2.17 bits per heavy atom. The van der Waals surface area contributed by atoms with Gasteiger partial charge in [-0.1, -0.05) is 13.8 Å². The van der Waals surface area contributed by atoms with Crippen LogP contribution in [0.25, 0.3) is 0 Å². The van der Waals surface area contributed by atoms with Gasteiger partial charge in [-0.15, -0.1) is 0 Å². The highest BCUT2D eigenvalue weighted by Gasteiger charge is 2.61. The van der Waals surface area contributed by atoms with Crippen LogP contribution in [0.5, 0.6) is 0 Å². The zero-order valence-electron chi connectivity index (χ0n) is 11.3. The Hall–Kier alpha value is -1.39. The van der Waals surface area contributed by atoms with Gasteiger partial charge in [0.05, 0.1) is 5.92 Å². The number of hydrogen-bond donors (Lipinski definition) is 1. The van der Waals surface area contributed by atoms with E-state index in [-0.39, 0.29) is 0 Å². The predicted octanol–water partition coefficient (Wildman–Crippen LogP) is 2.54. The average Bonchev–Trinajstić information content (AvgIpc) is 2.64. The van der Waals surface area contributed by atoms with Crippen LogP contribution >= 0.6 is 0 Å². The second-order valence-electron chi connectivity index (χ2n) is 6.18. The number of carboxylic acid groups (broad SMARTS) is 1. The smallest absolute Gasteiger partial charge is 0.367 e. The fourth-order valence-corrected chi connectivity index (χ4v) is 2.01. The third kappa shape index (κ3) is 3.09. The number of allylic oxidation sites excluding steroid dienone is 1. The van der Waals surface area contributed by atoms with Crippen molar-refractivity contribution in [2.45, 2.75) is 40.2 Å². The highest BCUT2D eigenvalue weighted by Crippen LogP contribution is 2.59. The van der Waals surface area contributed by atoms with Crippen LogP contribution in [-0.2, 0) is 14.3 Å². The first-order chi connectivity index (χ1) is 7.97. The zero-order chi connectivity index (χ0) is 14.3. The standard InChI is InChI=1S/C13H19FO4/c1-12(2,3)18-11(17)8(14)6-7-9(10(15)16)13(7,4)5/h6-7,9H,1-5H3,(H,15,16)/t7-,9+/m1/s1. The number of aliphatic carboxylic acids is 1. The number of rotatable bonds is 3. The largest absolute Gasteiger partial charge is 0.481 e. The lowest BCUT2D eigenvalue weighted by atomic mass is 10.1. The van der Waals surface area contributed by atoms with Crippen molar-refractivity contribution in [1.82, 2.24) is 0 Å². The summed E-state index contributed by atoms with van der Waals surface area (Å²) in [4.78, 5) is 22.3. The molecule has 0 radical (unpaired) electrons. The van der Waals surface area contributed by atoms with Crippen LogP contribution in [-0.4, -0.2) is 22.6 Å². The molecule has 1 rings (SSSR count). The van der Waals surface area contributed by atoms with E-state index in [0.717, 1.165) is 6.08 Å². The van der Waals surface area contributed by atoms with Gasteiger partial charge < -0.3 is 9.84 Å². The van der Waals surface area contributed by atoms with Crippen molar-refractivity contribution in [3.8, 4) is 0 Å².